The quantitative estimate of drug-likeness (QED) is 0.498. The molecule has 0 aromatic heterocycles. The van der Waals surface area contributed by atoms with Crippen LogP contribution >= 0.6 is 0 Å². The van der Waals surface area contributed by atoms with Crippen molar-refractivity contribution in [3.05, 3.63) is 59.0 Å². The lowest BCUT2D eigenvalue weighted by Crippen LogP contribution is -2.41. The van der Waals surface area contributed by atoms with Gasteiger partial charge in [0.05, 0.1) is 40.7 Å². The minimum Gasteiger partial charge on any atom is -0.493 e. The molecular weight excluding hydrogens is 472 g/mol. The number of nitrogens with zero attached hydrogens (tertiary/aromatic N) is 1. The maximum atomic E-state index is 13.5. The van der Waals surface area contributed by atoms with Crippen molar-refractivity contribution in [3.8, 4) is 23.0 Å². The number of rotatable bonds is 10. The number of allylic oxidation sites excluding steroid dienone is 1. The van der Waals surface area contributed by atoms with Crippen LogP contribution in [-0.4, -0.2) is 55.9 Å². The largest absolute Gasteiger partial charge is 0.493 e. The molecule has 1 amide bonds. The molecule has 2 aromatic rings. The van der Waals surface area contributed by atoms with Crippen LogP contribution in [0, 0.1) is 0 Å². The number of carbonyl (C=O) groups excluding carboxylic acids is 1. The zero-order valence-electron chi connectivity index (χ0n) is 20.5. The third-order valence-corrected chi connectivity index (χ3v) is 7.65. The van der Waals surface area contributed by atoms with Crippen molar-refractivity contribution in [3.63, 3.8) is 0 Å². The minimum absolute atomic E-state index is 0.0134. The maximum absolute atomic E-state index is 13.5. The Morgan fingerprint density at radius 1 is 0.971 bits per heavy atom. The summed E-state index contributed by atoms with van der Waals surface area (Å²) < 4.78 is 49.5. The van der Waals surface area contributed by atoms with E-state index in [1.807, 2.05) is 12.1 Å². The van der Waals surface area contributed by atoms with Crippen molar-refractivity contribution >= 4 is 27.2 Å². The molecule has 188 valence electrons. The van der Waals surface area contributed by atoms with Crippen molar-refractivity contribution < 1.29 is 32.2 Å². The topological polar surface area (TPSA) is 103 Å². The van der Waals surface area contributed by atoms with Gasteiger partial charge in [-0.1, -0.05) is 12.1 Å². The molecule has 1 aliphatic heterocycles. The molecule has 1 N–H and O–H groups in total. The fraction of sp³-hybridized carbons (Fsp3) is 0.320. The molecule has 0 fully saturated rings. The van der Waals surface area contributed by atoms with Crippen LogP contribution in [0.5, 0.6) is 23.0 Å². The highest BCUT2D eigenvalue weighted by atomic mass is 32.2. The second-order valence-electron chi connectivity index (χ2n) is 7.70. The number of anilines is 1. The SMILES string of the molecule is C=CCN1c2cc(OC)c(OC)cc2C(C)=C(C(=O)NCCc2ccc(OC)c(OC)c2)S1(=O)=O. The van der Waals surface area contributed by atoms with Crippen LogP contribution < -0.4 is 28.6 Å². The molecule has 0 spiro atoms. The monoisotopic (exact) mass is 502 g/mol. The second kappa shape index (κ2) is 10.7. The Bertz CT molecular complexity index is 1270. The van der Waals surface area contributed by atoms with E-state index < -0.39 is 15.9 Å². The molecule has 0 saturated heterocycles. The summed E-state index contributed by atoms with van der Waals surface area (Å²) in [5, 5.41) is 2.74. The molecule has 2 aromatic carbocycles. The summed E-state index contributed by atoms with van der Waals surface area (Å²) in [6.45, 7) is 5.49. The van der Waals surface area contributed by atoms with E-state index in [9.17, 15) is 13.2 Å². The van der Waals surface area contributed by atoms with Crippen molar-refractivity contribution in [1.29, 1.82) is 0 Å². The number of ether oxygens (including phenoxy) is 4. The normalized spacial score (nSPS) is 14.1. The zero-order valence-corrected chi connectivity index (χ0v) is 21.3. The van der Waals surface area contributed by atoms with Gasteiger partial charge >= 0.3 is 0 Å². The van der Waals surface area contributed by atoms with Crippen LogP contribution in [0.3, 0.4) is 0 Å². The molecule has 0 unspecified atom stereocenters. The van der Waals surface area contributed by atoms with Crippen LogP contribution in [0.25, 0.3) is 5.57 Å². The highest BCUT2D eigenvalue weighted by molar-refractivity contribution is 7.97. The first kappa shape index (κ1) is 26.0. The molecule has 0 aliphatic carbocycles. The van der Waals surface area contributed by atoms with Crippen molar-refractivity contribution in [1.82, 2.24) is 5.32 Å². The number of nitrogens with one attached hydrogen (secondary N) is 1. The lowest BCUT2D eigenvalue weighted by atomic mass is 10.0. The average molecular weight is 503 g/mol. The van der Waals surface area contributed by atoms with Crippen molar-refractivity contribution in [2.75, 3.05) is 45.8 Å². The van der Waals surface area contributed by atoms with Crippen molar-refractivity contribution in [2.45, 2.75) is 13.3 Å². The van der Waals surface area contributed by atoms with Gasteiger partial charge in [0.2, 0.25) is 0 Å². The van der Waals surface area contributed by atoms with Gasteiger partial charge in [-0.25, -0.2) is 8.42 Å². The van der Waals surface area contributed by atoms with E-state index in [2.05, 4.69) is 11.9 Å². The Hall–Kier alpha value is -3.66. The first-order chi connectivity index (χ1) is 16.7. The van der Waals surface area contributed by atoms with Gasteiger partial charge < -0.3 is 24.3 Å². The summed E-state index contributed by atoms with van der Waals surface area (Å²) in [7, 11) is 1.91. The molecular formula is C25H30N2O7S. The molecule has 10 heteroatoms. The van der Waals surface area contributed by atoms with Gasteiger partial charge in [0.15, 0.2) is 27.9 Å². The Morgan fingerprint density at radius 3 is 2.17 bits per heavy atom. The molecule has 35 heavy (non-hydrogen) atoms. The fourth-order valence-electron chi connectivity index (χ4n) is 3.97. The van der Waals surface area contributed by atoms with E-state index in [-0.39, 0.29) is 18.0 Å². The van der Waals surface area contributed by atoms with Crippen LogP contribution in [0.2, 0.25) is 0 Å². The highest BCUT2D eigenvalue weighted by Gasteiger charge is 2.39. The number of carbonyl (C=O) groups is 1. The Balaban J connectivity index is 1.93. The lowest BCUT2D eigenvalue weighted by Gasteiger charge is -2.32. The highest BCUT2D eigenvalue weighted by Crippen LogP contribution is 2.44. The molecule has 1 aliphatic rings. The summed E-state index contributed by atoms with van der Waals surface area (Å²) in [4.78, 5) is 12.9. The average Bonchev–Trinajstić information content (AvgIpc) is 2.85. The van der Waals surface area contributed by atoms with E-state index in [0.29, 0.717) is 46.2 Å². The van der Waals surface area contributed by atoms with Crippen LogP contribution in [-0.2, 0) is 21.2 Å². The third kappa shape index (κ3) is 4.93. The molecule has 0 radical (unpaired) electrons. The number of amides is 1. The summed E-state index contributed by atoms with van der Waals surface area (Å²) in [6, 6.07) is 8.71. The smallest absolute Gasteiger partial charge is 0.270 e. The predicted molar refractivity (Wildman–Crippen MR) is 135 cm³/mol. The van der Waals surface area contributed by atoms with E-state index in [1.54, 1.807) is 39.3 Å². The maximum Gasteiger partial charge on any atom is 0.270 e. The van der Waals surface area contributed by atoms with Gasteiger partial charge in [-0.2, -0.15) is 0 Å². The third-order valence-electron chi connectivity index (χ3n) is 5.71. The van der Waals surface area contributed by atoms with E-state index in [0.717, 1.165) is 9.87 Å². The molecule has 0 saturated carbocycles. The van der Waals surface area contributed by atoms with Gasteiger partial charge in [0.1, 0.15) is 0 Å². The van der Waals surface area contributed by atoms with E-state index >= 15 is 0 Å². The number of hydrogen-bond donors (Lipinski definition) is 1. The first-order valence-corrected chi connectivity index (χ1v) is 12.3. The Morgan fingerprint density at radius 2 is 1.57 bits per heavy atom. The molecule has 3 rings (SSSR count). The van der Waals surface area contributed by atoms with Gasteiger partial charge in [-0.3, -0.25) is 9.10 Å². The molecule has 9 nitrogen and oxygen atoms in total. The summed E-state index contributed by atoms with van der Waals surface area (Å²) >= 11 is 0. The van der Waals surface area contributed by atoms with Crippen LogP contribution in [0.15, 0.2) is 47.9 Å². The van der Waals surface area contributed by atoms with E-state index in [4.69, 9.17) is 18.9 Å². The first-order valence-electron chi connectivity index (χ1n) is 10.8. The summed E-state index contributed by atoms with van der Waals surface area (Å²) in [5.74, 6) is 1.30. The minimum atomic E-state index is -4.15. The standard InChI is InChI=1S/C25H30N2O7S/c1-7-12-27-19-15-23(34-6)22(33-5)14-18(19)16(2)24(35(27,29)30)25(28)26-11-10-17-8-9-20(31-3)21(13-17)32-4/h7-9,13-15H,1,10-12H2,2-6H3,(H,26,28). The number of fused-ring (bicyclic) bond motifs is 1. The van der Waals surface area contributed by atoms with Gasteiger partial charge in [-0.15, -0.1) is 6.58 Å². The van der Waals surface area contributed by atoms with Gasteiger partial charge in [-0.05, 0) is 42.7 Å². The second-order valence-corrected chi connectivity index (χ2v) is 9.50. The Labute approximate surface area is 206 Å². The molecule has 0 atom stereocenters. The number of benzene rings is 2. The zero-order chi connectivity index (χ0) is 25.8. The molecule has 1 heterocycles. The van der Waals surface area contributed by atoms with E-state index in [1.165, 1.54) is 20.3 Å². The number of methoxy groups -OCH3 is 4. The van der Waals surface area contributed by atoms with Crippen LogP contribution in [0.4, 0.5) is 5.69 Å². The fourth-order valence-corrected chi connectivity index (χ4v) is 5.70. The number of hydrogen-bond acceptors (Lipinski definition) is 7. The predicted octanol–water partition coefficient (Wildman–Crippen LogP) is 3.15. The van der Waals surface area contributed by atoms with Gasteiger partial charge in [0, 0.05) is 18.2 Å². The van der Waals surface area contributed by atoms with Crippen LogP contribution in [0.1, 0.15) is 18.1 Å². The lowest BCUT2D eigenvalue weighted by molar-refractivity contribution is -0.116. The summed E-state index contributed by atoms with van der Waals surface area (Å²) in [5.41, 5.74) is 2.17. The Kier molecular flexibility index (Phi) is 7.96. The van der Waals surface area contributed by atoms with Crippen molar-refractivity contribution in [2.24, 2.45) is 0 Å². The number of sulfonamides is 1. The summed E-state index contributed by atoms with van der Waals surface area (Å²) in [6.07, 6.45) is 1.93. The van der Waals surface area contributed by atoms with Gasteiger partial charge in [0.25, 0.3) is 15.9 Å². The molecule has 0 bridgehead atoms.